The Morgan fingerprint density at radius 3 is 2.31 bits per heavy atom. The molecule has 0 bridgehead atoms. The molecule has 0 aromatic carbocycles. The van der Waals surface area contributed by atoms with Crippen LogP contribution in [0.4, 0.5) is 0 Å². The highest BCUT2D eigenvalue weighted by Gasteiger charge is 2.50. The van der Waals surface area contributed by atoms with Crippen LogP contribution in [0, 0.1) is 35.5 Å². The topological polar surface area (TPSA) is 0 Å². The first-order valence-electron chi connectivity index (χ1n) is 7.61. The van der Waals surface area contributed by atoms with Crippen molar-refractivity contribution in [1.29, 1.82) is 0 Å². The molecule has 0 amide bonds. The summed E-state index contributed by atoms with van der Waals surface area (Å²) in [6, 6.07) is 0. The van der Waals surface area contributed by atoms with Gasteiger partial charge in [-0.2, -0.15) is 0 Å². The van der Waals surface area contributed by atoms with Gasteiger partial charge in [-0.1, -0.05) is 40.5 Å². The maximum Gasteiger partial charge on any atom is -0.0352 e. The third-order valence-electron chi connectivity index (χ3n) is 5.23. The molecule has 94 valence electrons. The van der Waals surface area contributed by atoms with Gasteiger partial charge in [0.15, 0.2) is 0 Å². The van der Waals surface area contributed by atoms with E-state index in [0.29, 0.717) is 0 Å². The van der Waals surface area contributed by atoms with Gasteiger partial charge in [0, 0.05) is 0 Å². The van der Waals surface area contributed by atoms with Gasteiger partial charge in [0.1, 0.15) is 0 Å². The molecule has 0 heterocycles. The van der Waals surface area contributed by atoms with Crippen LogP contribution in [0.25, 0.3) is 0 Å². The molecule has 2 rings (SSSR count). The molecule has 0 aliphatic heterocycles. The van der Waals surface area contributed by atoms with Crippen LogP contribution in [0.3, 0.4) is 0 Å². The van der Waals surface area contributed by atoms with Crippen molar-refractivity contribution in [3.63, 3.8) is 0 Å². The fourth-order valence-corrected chi connectivity index (χ4v) is 3.54. The van der Waals surface area contributed by atoms with Crippen LogP contribution in [-0.4, -0.2) is 0 Å². The van der Waals surface area contributed by atoms with E-state index < -0.39 is 0 Å². The van der Waals surface area contributed by atoms with E-state index in [4.69, 9.17) is 0 Å². The molecule has 2 aliphatic carbocycles. The van der Waals surface area contributed by atoms with E-state index in [0.717, 1.165) is 35.5 Å². The molecule has 0 saturated heterocycles. The van der Waals surface area contributed by atoms with Crippen molar-refractivity contribution < 1.29 is 0 Å². The monoisotopic (exact) mass is 222 g/mol. The smallest absolute Gasteiger partial charge is 0.0352 e. The molecule has 6 unspecified atom stereocenters. The zero-order chi connectivity index (χ0) is 11.7. The van der Waals surface area contributed by atoms with Gasteiger partial charge in [-0.3, -0.25) is 0 Å². The van der Waals surface area contributed by atoms with Crippen LogP contribution < -0.4 is 0 Å². The minimum absolute atomic E-state index is 0.938. The maximum absolute atomic E-state index is 2.46. The summed E-state index contributed by atoms with van der Waals surface area (Å²) in [5.41, 5.74) is 0. The van der Waals surface area contributed by atoms with Gasteiger partial charge in [-0.25, -0.2) is 0 Å². The predicted octanol–water partition coefficient (Wildman–Crippen LogP) is 5.13. The summed E-state index contributed by atoms with van der Waals surface area (Å²) in [5, 5.41) is 0. The van der Waals surface area contributed by atoms with E-state index in [1.165, 1.54) is 25.7 Å². The highest BCUT2D eigenvalue weighted by Crippen LogP contribution is 2.59. The first-order valence-corrected chi connectivity index (χ1v) is 7.61. The van der Waals surface area contributed by atoms with Crippen molar-refractivity contribution in [3.8, 4) is 0 Å². The Labute approximate surface area is 102 Å². The number of hydrogen-bond donors (Lipinski definition) is 0. The third-order valence-corrected chi connectivity index (χ3v) is 5.23. The molecule has 0 aromatic heterocycles. The van der Waals surface area contributed by atoms with Crippen molar-refractivity contribution in [1.82, 2.24) is 0 Å². The van der Waals surface area contributed by atoms with Crippen LogP contribution in [0.15, 0.2) is 0 Å². The van der Waals surface area contributed by atoms with Crippen LogP contribution in [0.1, 0.15) is 66.2 Å². The number of rotatable bonds is 7. The molecule has 2 fully saturated rings. The average molecular weight is 222 g/mol. The summed E-state index contributed by atoms with van der Waals surface area (Å²) in [7, 11) is 0. The van der Waals surface area contributed by atoms with Crippen molar-refractivity contribution in [2.45, 2.75) is 66.2 Å². The second kappa shape index (κ2) is 5.10. The molecular weight excluding hydrogens is 192 g/mol. The quantitative estimate of drug-likeness (QED) is 0.560. The van der Waals surface area contributed by atoms with Crippen LogP contribution in [0.2, 0.25) is 0 Å². The van der Waals surface area contributed by atoms with E-state index in [9.17, 15) is 0 Å². The zero-order valence-electron chi connectivity index (χ0n) is 11.7. The van der Waals surface area contributed by atoms with Crippen molar-refractivity contribution in [3.05, 3.63) is 0 Å². The molecule has 0 aromatic rings. The van der Waals surface area contributed by atoms with Gasteiger partial charge in [0.05, 0.1) is 0 Å². The molecule has 2 saturated carbocycles. The molecule has 0 N–H and O–H groups in total. The molecule has 0 nitrogen and oxygen atoms in total. The molecule has 2 aliphatic rings. The summed E-state index contributed by atoms with van der Waals surface area (Å²) in [6.45, 7) is 9.62. The van der Waals surface area contributed by atoms with Gasteiger partial charge in [0.2, 0.25) is 0 Å². The van der Waals surface area contributed by atoms with E-state index in [-0.39, 0.29) is 0 Å². The summed E-state index contributed by atoms with van der Waals surface area (Å²) < 4.78 is 0. The SMILES string of the molecule is CCC(C)CC(C)CCC1CC1C1CC1C. The fraction of sp³-hybridized carbons (Fsp3) is 1.00. The third kappa shape index (κ3) is 3.25. The predicted molar refractivity (Wildman–Crippen MR) is 71.3 cm³/mol. The Bertz CT molecular complexity index is 218. The maximum atomic E-state index is 2.46. The normalized spacial score (nSPS) is 40.5. The Morgan fingerprint density at radius 2 is 1.75 bits per heavy atom. The summed E-state index contributed by atoms with van der Waals surface area (Å²) in [6.07, 6.45) is 8.95. The zero-order valence-corrected chi connectivity index (χ0v) is 11.7. The minimum Gasteiger partial charge on any atom is -0.0651 e. The Hall–Kier alpha value is 0. The summed E-state index contributed by atoms with van der Waals surface area (Å²) in [5.74, 6) is 6.42. The lowest BCUT2D eigenvalue weighted by molar-refractivity contribution is 0.368. The Kier molecular flexibility index (Phi) is 3.97. The molecule has 0 heteroatoms. The van der Waals surface area contributed by atoms with Gasteiger partial charge in [-0.15, -0.1) is 0 Å². The Morgan fingerprint density at radius 1 is 1.06 bits per heavy atom. The molecule has 6 atom stereocenters. The first-order chi connectivity index (χ1) is 7.61. The molecular formula is C16H30. The minimum atomic E-state index is 0.938. The van der Waals surface area contributed by atoms with E-state index in [1.54, 1.807) is 12.8 Å². The second-order valence-corrected chi connectivity index (χ2v) is 6.97. The lowest BCUT2D eigenvalue weighted by Gasteiger charge is -2.15. The van der Waals surface area contributed by atoms with Crippen LogP contribution in [0.5, 0.6) is 0 Å². The van der Waals surface area contributed by atoms with Gasteiger partial charge >= 0.3 is 0 Å². The van der Waals surface area contributed by atoms with Crippen molar-refractivity contribution in [2.24, 2.45) is 35.5 Å². The fourth-order valence-electron chi connectivity index (χ4n) is 3.54. The van der Waals surface area contributed by atoms with Gasteiger partial charge in [0.25, 0.3) is 0 Å². The van der Waals surface area contributed by atoms with Crippen LogP contribution in [-0.2, 0) is 0 Å². The highest BCUT2D eigenvalue weighted by molar-refractivity contribution is 5.00. The van der Waals surface area contributed by atoms with Crippen LogP contribution >= 0.6 is 0 Å². The average Bonchev–Trinajstić information content (AvgIpc) is 3.11. The Balaban J connectivity index is 1.55. The summed E-state index contributed by atoms with van der Waals surface area (Å²) >= 11 is 0. The van der Waals surface area contributed by atoms with Gasteiger partial charge < -0.3 is 0 Å². The number of hydrogen-bond acceptors (Lipinski definition) is 0. The first kappa shape index (κ1) is 12.5. The van der Waals surface area contributed by atoms with E-state index in [2.05, 4.69) is 27.7 Å². The summed E-state index contributed by atoms with van der Waals surface area (Å²) in [4.78, 5) is 0. The van der Waals surface area contributed by atoms with E-state index >= 15 is 0 Å². The molecule has 0 spiro atoms. The molecule has 0 radical (unpaired) electrons. The van der Waals surface area contributed by atoms with Crippen molar-refractivity contribution >= 4 is 0 Å². The largest absolute Gasteiger partial charge is 0.0651 e. The highest BCUT2D eigenvalue weighted by atomic mass is 14.6. The lowest BCUT2D eigenvalue weighted by atomic mass is 9.91. The van der Waals surface area contributed by atoms with E-state index in [1.807, 2.05) is 0 Å². The molecule has 16 heavy (non-hydrogen) atoms. The van der Waals surface area contributed by atoms with Crippen molar-refractivity contribution in [2.75, 3.05) is 0 Å². The lowest BCUT2D eigenvalue weighted by Crippen LogP contribution is -2.03. The second-order valence-electron chi connectivity index (χ2n) is 6.97. The standard InChI is InChI=1S/C16H30/c1-5-11(2)8-12(3)6-7-14-10-16(14)15-9-13(15)4/h11-16H,5-10H2,1-4H3. The van der Waals surface area contributed by atoms with Gasteiger partial charge in [-0.05, 0) is 61.2 Å².